The standard InChI is InChI=1S/C24H25ClN4O2/c1-29(2)12-5-13-31-18-9-7-16(8-10-18)22-20(17-6-4-11-26-14-17)21-23(30-3)19(25)15-27-24(21)28-22/h4,6-11,14-15H,5,12-13H2,1-3H3,(H,27,28). The van der Waals surface area contributed by atoms with Gasteiger partial charge in [0.2, 0.25) is 0 Å². The first kappa shape index (κ1) is 21.2. The number of fused-ring (bicyclic) bond motifs is 1. The van der Waals surface area contributed by atoms with E-state index in [1.165, 1.54) is 0 Å². The normalized spacial score (nSPS) is 11.3. The molecule has 1 aromatic carbocycles. The fourth-order valence-corrected chi connectivity index (χ4v) is 3.83. The second-order valence-corrected chi connectivity index (χ2v) is 7.92. The van der Waals surface area contributed by atoms with Gasteiger partial charge in [0.15, 0.2) is 5.75 Å². The van der Waals surface area contributed by atoms with Gasteiger partial charge in [-0.2, -0.15) is 0 Å². The lowest BCUT2D eigenvalue weighted by molar-refractivity contribution is 0.281. The Labute approximate surface area is 186 Å². The number of rotatable bonds is 8. The molecule has 0 saturated heterocycles. The number of benzene rings is 1. The van der Waals surface area contributed by atoms with Crippen LogP contribution in [-0.4, -0.2) is 54.2 Å². The highest BCUT2D eigenvalue weighted by Crippen LogP contribution is 2.44. The van der Waals surface area contributed by atoms with Gasteiger partial charge < -0.3 is 19.4 Å². The average Bonchev–Trinajstić information content (AvgIpc) is 3.17. The van der Waals surface area contributed by atoms with Gasteiger partial charge in [-0.3, -0.25) is 4.98 Å². The summed E-state index contributed by atoms with van der Waals surface area (Å²) in [6.07, 6.45) is 6.16. The number of pyridine rings is 2. The Morgan fingerprint density at radius 2 is 1.87 bits per heavy atom. The minimum absolute atomic E-state index is 0.465. The van der Waals surface area contributed by atoms with Gasteiger partial charge in [-0.05, 0) is 56.4 Å². The van der Waals surface area contributed by atoms with Crippen LogP contribution in [0.5, 0.6) is 11.5 Å². The van der Waals surface area contributed by atoms with Gasteiger partial charge in [-0.25, -0.2) is 4.98 Å². The van der Waals surface area contributed by atoms with Gasteiger partial charge in [-0.1, -0.05) is 17.7 Å². The third-order valence-electron chi connectivity index (χ3n) is 5.05. The smallest absolute Gasteiger partial charge is 0.150 e. The predicted octanol–water partition coefficient (Wildman–Crippen LogP) is 5.28. The van der Waals surface area contributed by atoms with Crippen LogP contribution < -0.4 is 9.47 Å². The summed E-state index contributed by atoms with van der Waals surface area (Å²) in [6.45, 7) is 1.68. The lowest BCUT2D eigenvalue weighted by atomic mass is 10.00. The maximum atomic E-state index is 6.38. The molecule has 160 valence electrons. The van der Waals surface area contributed by atoms with Gasteiger partial charge in [-0.15, -0.1) is 0 Å². The summed E-state index contributed by atoms with van der Waals surface area (Å²) in [7, 11) is 5.74. The van der Waals surface area contributed by atoms with Crippen LogP contribution in [0.1, 0.15) is 6.42 Å². The van der Waals surface area contributed by atoms with Crippen LogP contribution >= 0.6 is 11.6 Å². The maximum Gasteiger partial charge on any atom is 0.150 e. The third-order valence-corrected chi connectivity index (χ3v) is 5.32. The van der Waals surface area contributed by atoms with Crippen LogP contribution in [0.2, 0.25) is 5.02 Å². The maximum absolute atomic E-state index is 6.38. The van der Waals surface area contributed by atoms with Gasteiger partial charge in [0.1, 0.15) is 16.4 Å². The number of nitrogens with one attached hydrogen (secondary N) is 1. The number of H-pyrrole nitrogens is 1. The quantitative estimate of drug-likeness (QED) is 0.380. The van der Waals surface area contributed by atoms with Crippen molar-refractivity contribution in [3.05, 3.63) is 60.0 Å². The van der Waals surface area contributed by atoms with E-state index in [4.69, 9.17) is 21.1 Å². The van der Waals surface area contributed by atoms with Crippen molar-refractivity contribution in [2.45, 2.75) is 6.42 Å². The molecule has 4 rings (SSSR count). The predicted molar refractivity (Wildman–Crippen MR) is 125 cm³/mol. The molecule has 6 nitrogen and oxygen atoms in total. The SMILES string of the molecule is COc1c(Cl)cnc2[nH]c(-c3ccc(OCCCN(C)C)cc3)c(-c3cccnc3)c12. The lowest BCUT2D eigenvalue weighted by Crippen LogP contribution is -2.15. The summed E-state index contributed by atoms with van der Waals surface area (Å²) < 4.78 is 11.5. The number of methoxy groups -OCH3 is 1. The first-order chi connectivity index (χ1) is 15.1. The van der Waals surface area contributed by atoms with E-state index in [2.05, 4.69) is 33.9 Å². The molecule has 0 aliphatic rings. The van der Waals surface area contributed by atoms with Crippen molar-refractivity contribution in [3.63, 3.8) is 0 Å². The van der Waals surface area contributed by atoms with E-state index < -0.39 is 0 Å². The fourth-order valence-electron chi connectivity index (χ4n) is 3.61. The molecule has 0 aliphatic heterocycles. The number of hydrogen-bond donors (Lipinski definition) is 1. The molecule has 3 aromatic heterocycles. The van der Waals surface area contributed by atoms with E-state index >= 15 is 0 Å². The molecule has 0 fully saturated rings. The zero-order valence-corrected chi connectivity index (χ0v) is 18.6. The average molecular weight is 437 g/mol. The summed E-state index contributed by atoms with van der Waals surface area (Å²) in [4.78, 5) is 14.4. The molecule has 31 heavy (non-hydrogen) atoms. The molecule has 0 amide bonds. The van der Waals surface area contributed by atoms with E-state index in [9.17, 15) is 0 Å². The van der Waals surface area contributed by atoms with Gasteiger partial charge in [0.05, 0.1) is 31.0 Å². The van der Waals surface area contributed by atoms with Crippen LogP contribution in [0, 0.1) is 0 Å². The number of halogens is 1. The molecular formula is C24H25ClN4O2. The summed E-state index contributed by atoms with van der Waals surface area (Å²) in [6, 6.07) is 12.0. The summed E-state index contributed by atoms with van der Waals surface area (Å²) >= 11 is 6.38. The van der Waals surface area contributed by atoms with Crippen LogP contribution in [0.15, 0.2) is 55.0 Å². The van der Waals surface area contributed by atoms with E-state index in [0.717, 1.165) is 46.5 Å². The van der Waals surface area contributed by atoms with Crippen molar-refractivity contribution in [3.8, 4) is 33.9 Å². The van der Waals surface area contributed by atoms with Crippen molar-refractivity contribution < 1.29 is 9.47 Å². The first-order valence-corrected chi connectivity index (χ1v) is 10.5. The highest BCUT2D eigenvalue weighted by atomic mass is 35.5. The van der Waals surface area contributed by atoms with Gasteiger partial charge in [0.25, 0.3) is 0 Å². The molecule has 4 aromatic rings. The number of aromatic amines is 1. The molecule has 0 bridgehead atoms. The Hall–Kier alpha value is -3.09. The van der Waals surface area contributed by atoms with Crippen molar-refractivity contribution in [2.24, 2.45) is 0 Å². The molecular weight excluding hydrogens is 412 g/mol. The second-order valence-electron chi connectivity index (χ2n) is 7.51. The van der Waals surface area contributed by atoms with Gasteiger partial charge in [0, 0.05) is 30.1 Å². The van der Waals surface area contributed by atoms with E-state index in [1.807, 2.05) is 42.6 Å². The third kappa shape index (κ3) is 4.50. The molecule has 3 heterocycles. The van der Waals surface area contributed by atoms with Crippen LogP contribution in [0.4, 0.5) is 0 Å². The summed E-state index contributed by atoms with van der Waals surface area (Å²) in [5.74, 6) is 1.44. The number of hydrogen-bond acceptors (Lipinski definition) is 5. The van der Waals surface area contributed by atoms with Gasteiger partial charge >= 0.3 is 0 Å². The lowest BCUT2D eigenvalue weighted by Gasteiger charge is -2.11. The molecule has 0 aliphatic carbocycles. The summed E-state index contributed by atoms with van der Waals surface area (Å²) in [5.41, 5.74) is 4.55. The van der Waals surface area contributed by atoms with Crippen molar-refractivity contribution >= 4 is 22.6 Å². The Kier molecular flexibility index (Phi) is 6.39. The monoisotopic (exact) mass is 436 g/mol. The highest BCUT2D eigenvalue weighted by Gasteiger charge is 2.21. The second kappa shape index (κ2) is 9.37. The zero-order valence-electron chi connectivity index (χ0n) is 17.9. The van der Waals surface area contributed by atoms with Crippen molar-refractivity contribution in [1.82, 2.24) is 19.9 Å². The van der Waals surface area contributed by atoms with E-state index in [0.29, 0.717) is 23.0 Å². The Morgan fingerprint density at radius 1 is 1.06 bits per heavy atom. The van der Waals surface area contributed by atoms with Crippen LogP contribution in [-0.2, 0) is 0 Å². The van der Waals surface area contributed by atoms with E-state index in [1.54, 1.807) is 19.5 Å². The zero-order chi connectivity index (χ0) is 21.8. The summed E-state index contributed by atoms with van der Waals surface area (Å²) in [5, 5.41) is 1.30. The number of ether oxygens (including phenoxy) is 2. The molecule has 0 saturated carbocycles. The minimum Gasteiger partial charge on any atom is -0.494 e. The van der Waals surface area contributed by atoms with Crippen LogP contribution in [0.25, 0.3) is 33.4 Å². The number of nitrogens with zero attached hydrogens (tertiary/aromatic N) is 3. The topological polar surface area (TPSA) is 63.3 Å². The Bertz CT molecular complexity index is 1160. The van der Waals surface area contributed by atoms with Crippen molar-refractivity contribution in [1.29, 1.82) is 0 Å². The fraction of sp³-hybridized carbons (Fsp3) is 0.250. The first-order valence-electron chi connectivity index (χ1n) is 10.1. The Morgan fingerprint density at radius 3 is 2.55 bits per heavy atom. The molecule has 0 atom stereocenters. The molecule has 0 radical (unpaired) electrons. The number of aromatic nitrogens is 3. The van der Waals surface area contributed by atoms with E-state index in [-0.39, 0.29) is 0 Å². The minimum atomic E-state index is 0.465. The van der Waals surface area contributed by atoms with Crippen LogP contribution in [0.3, 0.4) is 0 Å². The highest BCUT2D eigenvalue weighted by molar-refractivity contribution is 6.33. The largest absolute Gasteiger partial charge is 0.494 e. The molecule has 0 spiro atoms. The molecule has 1 N–H and O–H groups in total. The molecule has 0 unspecified atom stereocenters. The molecule has 7 heteroatoms. The van der Waals surface area contributed by atoms with Crippen molar-refractivity contribution in [2.75, 3.05) is 34.4 Å². The Balaban J connectivity index is 1.74.